The minimum Gasteiger partial charge on any atom is -0.353 e. The molecule has 21 heavy (non-hydrogen) atoms. The third kappa shape index (κ3) is 7.24. The second kappa shape index (κ2) is 8.10. The molecule has 1 saturated heterocycles. The van der Waals surface area contributed by atoms with Crippen molar-refractivity contribution in [3.8, 4) is 0 Å². The summed E-state index contributed by atoms with van der Waals surface area (Å²) in [6, 6.07) is 0.705. The Labute approximate surface area is 127 Å². The normalized spacial score (nSPS) is 23.0. The lowest BCUT2D eigenvalue weighted by Crippen LogP contribution is -2.37. The Morgan fingerprint density at radius 1 is 1.19 bits per heavy atom. The predicted octanol–water partition coefficient (Wildman–Crippen LogP) is 0.497. The highest BCUT2D eigenvalue weighted by Gasteiger charge is 2.23. The quantitative estimate of drug-likeness (QED) is 0.540. The molecule has 0 aromatic rings. The topological polar surface area (TPSA) is 87.3 Å². The number of nitrogens with one attached hydrogen (secondary N) is 3. The van der Waals surface area contributed by atoms with Crippen LogP contribution in [0.25, 0.3) is 0 Å². The Morgan fingerprint density at radius 2 is 2.00 bits per heavy atom. The molecule has 2 aliphatic rings. The Bertz CT molecular complexity index is 429. The predicted molar refractivity (Wildman–Crippen MR) is 82.4 cm³/mol. The molecule has 0 radical (unpaired) electrons. The summed E-state index contributed by atoms with van der Waals surface area (Å²) in [7, 11) is -3.21. The van der Waals surface area contributed by atoms with E-state index >= 15 is 0 Å². The number of carbonyl (C=O) groups excluding carboxylic acids is 1. The zero-order chi connectivity index (χ0) is 15.1. The molecule has 0 aromatic carbocycles. The van der Waals surface area contributed by atoms with Crippen LogP contribution in [0.5, 0.6) is 0 Å². The van der Waals surface area contributed by atoms with Gasteiger partial charge in [-0.15, -0.1) is 0 Å². The van der Waals surface area contributed by atoms with E-state index in [0.29, 0.717) is 37.9 Å². The van der Waals surface area contributed by atoms with Crippen LogP contribution in [0.15, 0.2) is 0 Å². The summed E-state index contributed by atoms with van der Waals surface area (Å²) < 4.78 is 26.3. The highest BCUT2D eigenvalue weighted by atomic mass is 32.2. The van der Waals surface area contributed by atoms with Gasteiger partial charge in [0.05, 0.1) is 5.75 Å². The number of sulfonamides is 1. The molecular weight excluding hydrogens is 290 g/mol. The van der Waals surface area contributed by atoms with E-state index < -0.39 is 10.0 Å². The monoisotopic (exact) mass is 317 g/mol. The van der Waals surface area contributed by atoms with Crippen molar-refractivity contribution in [1.29, 1.82) is 0 Å². The number of hydrogen-bond acceptors (Lipinski definition) is 4. The zero-order valence-electron chi connectivity index (χ0n) is 12.6. The first kappa shape index (κ1) is 16.7. The van der Waals surface area contributed by atoms with Crippen molar-refractivity contribution in [1.82, 2.24) is 15.4 Å². The molecule has 3 N–H and O–H groups in total. The van der Waals surface area contributed by atoms with E-state index in [-0.39, 0.29) is 11.7 Å². The number of hydrogen-bond donors (Lipinski definition) is 3. The Balaban J connectivity index is 1.53. The molecule has 1 atom stereocenters. The standard InChI is InChI=1S/C14H27N3O3S/c18-14(17-13-6-7-13)5-3-10-16-21(19,20)11-8-12-4-1-2-9-15-12/h12-13,15-16H,1-11H2,(H,17,18). The number of rotatable bonds is 9. The van der Waals surface area contributed by atoms with Crippen LogP contribution in [0.3, 0.4) is 0 Å². The minimum absolute atomic E-state index is 0.0307. The molecule has 0 aromatic heterocycles. The molecule has 2 fully saturated rings. The average molecular weight is 317 g/mol. The van der Waals surface area contributed by atoms with Crippen molar-refractivity contribution < 1.29 is 13.2 Å². The zero-order valence-corrected chi connectivity index (χ0v) is 13.4. The second-order valence-corrected chi connectivity index (χ2v) is 8.02. The van der Waals surface area contributed by atoms with Crippen LogP contribution in [0.4, 0.5) is 0 Å². The van der Waals surface area contributed by atoms with Gasteiger partial charge in [0.1, 0.15) is 0 Å². The van der Waals surface area contributed by atoms with Gasteiger partial charge in [0.25, 0.3) is 0 Å². The van der Waals surface area contributed by atoms with Crippen molar-refractivity contribution in [2.24, 2.45) is 0 Å². The first-order chi connectivity index (χ1) is 10.1. The van der Waals surface area contributed by atoms with Gasteiger partial charge in [-0.25, -0.2) is 13.1 Å². The molecule has 1 saturated carbocycles. The summed E-state index contributed by atoms with van der Waals surface area (Å²) in [6.45, 7) is 1.34. The number of carbonyl (C=O) groups is 1. The van der Waals surface area contributed by atoms with E-state index in [4.69, 9.17) is 0 Å². The fourth-order valence-corrected chi connectivity index (χ4v) is 3.74. The van der Waals surface area contributed by atoms with Crippen molar-refractivity contribution in [2.45, 2.75) is 63.5 Å². The Kier molecular flexibility index (Phi) is 6.44. The summed E-state index contributed by atoms with van der Waals surface area (Å²) in [5, 5.41) is 6.25. The molecule has 0 bridgehead atoms. The van der Waals surface area contributed by atoms with Gasteiger partial charge in [-0.2, -0.15) is 0 Å². The summed E-state index contributed by atoms with van der Waals surface area (Å²) in [5.41, 5.74) is 0. The largest absolute Gasteiger partial charge is 0.353 e. The van der Waals surface area contributed by atoms with Crippen LogP contribution in [0.2, 0.25) is 0 Å². The lowest BCUT2D eigenvalue weighted by atomic mass is 10.0. The van der Waals surface area contributed by atoms with Gasteiger partial charge in [0.15, 0.2) is 0 Å². The number of piperidine rings is 1. The first-order valence-corrected chi connectivity index (χ1v) is 9.70. The van der Waals surface area contributed by atoms with Gasteiger partial charge < -0.3 is 10.6 Å². The van der Waals surface area contributed by atoms with Gasteiger partial charge >= 0.3 is 0 Å². The molecule has 0 spiro atoms. The molecule has 1 heterocycles. The van der Waals surface area contributed by atoms with Crippen LogP contribution in [0, 0.1) is 0 Å². The maximum absolute atomic E-state index is 11.9. The van der Waals surface area contributed by atoms with Gasteiger partial charge in [-0.05, 0) is 45.1 Å². The van der Waals surface area contributed by atoms with Crippen LogP contribution in [-0.4, -0.2) is 45.3 Å². The molecule has 1 amide bonds. The van der Waals surface area contributed by atoms with E-state index in [2.05, 4.69) is 15.4 Å². The molecule has 122 valence electrons. The summed E-state index contributed by atoms with van der Waals surface area (Å²) in [6.07, 6.45) is 7.20. The average Bonchev–Trinajstić information content (AvgIpc) is 3.27. The van der Waals surface area contributed by atoms with Gasteiger partial charge in [-0.3, -0.25) is 4.79 Å². The lowest BCUT2D eigenvalue weighted by Gasteiger charge is -2.23. The second-order valence-electron chi connectivity index (χ2n) is 6.09. The SMILES string of the molecule is O=C(CCCNS(=O)(=O)CCC1CCCCN1)NC1CC1. The van der Waals surface area contributed by atoms with Crippen LogP contribution < -0.4 is 15.4 Å². The molecule has 7 heteroatoms. The van der Waals surface area contributed by atoms with Crippen molar-refractivity contribution in [3.05, 3.63) is 0 Å². The maximum Gasteiger partial charge on any atom is 0.220 e. The molecule has 6 nitrogen and oxygen atoms in total. The van der Waals surface area contributed by atoms with Crippen molar-refractivity contribution >= 4 is 15.9 Å². The van der Waals surface area contributed by atoms with Crippen molar-refractivity contribution in [3.63, 3.8) is 0 Å². The molecule has 1 unspecified atom stereocenters. The van der Waals surface area contributed by atoms with Gasteiger partial charge in [0.2, 0.25) is 15.9 Å². The van der Waals surface area contributed by atoms with E-state index in [9.17, 15) is 13.2 Å². The van der Waals surface area contributed by atoms with Crippen LogP contribution in [0.1, 0.15) is 51.4 Å². The van der Waals surface area contributed by atoms with Gasteiger partial charge in [-0.1, -0.05) is 6.42 Å². The summed E-state index contributed by atoms with van der Waals surface area (Å²) in [5.74, 6) is 0.196. The van der Waals surface area contributed by atoms with Crippen LogP contribution in [-0.2, 0) is 14.8 Å². The fraction of sp³-hybridized carbons (Fsp3) is 0.929. The fourth-order valence-electron chi connectivity index (χ4n) is 2.54. The third-order valence-electron chi connectivity index (χ3n) is 3.99. The maximum atomic E-state index is 11.9. The van der Waals surface area contributed by atoms with Gasteiger partial charge in [0, 0.05) is 25.0 Å². The molecule has 1 aliphatic carbocycles. The Morgan fingerprint density at radius 3 is 2.67 bits per heavy atom. The lowest BCUT2D eigenvalue weighted by molar-refractivity contribution is -0.121. The Hall–Kier alpha value is -0.660. The summed E-state index contributed by atoms with van der Waals surface area (Å²) >= 11 is 0. The molecule has 1 aliphatic heterocycles. The molecule has 2 rings (SSSR count). The molecular formula is C14H27N3O3S. The smallest absolute Gasteiger partial charge is 0.220 e. The number of amides is 1. The minimum atomic E-state index is -3.21. The third-order valence-corrected chi connectivity index (χ3v) is 5.41. The van der Waals surface area contributed by atoms with E-state index in [1.165, 1.54) is 12.8 Å². The first-order valence-electron chi connectivity index (χ1n) is 8.05. The van der Waals surface area contributed by atoms with E-state index in [1.54, 1.807) is 0 Å². The summed E-state index contributed by atoms with van der Waals surface area (Å²) in [4.78, 5) is 11.5. The highest BCUT2D eigenvalue weighted by molar-refractivity contribution is 7.89. The van der Waals surface area contributed by atoms with E-state index in [0.717, 1.165) is 25.8 Å². The van der Waals surface area contributed by atoms with Crippen molar-refractivity contribution in [2.75, 3.05) is 18.8 Å². The van der Waals surface area contributed by atoms with Crippen LogP contribution >= 0.6 is 0 Å². The highest BCUT2D eigenvalue weighted by Crippen LogP contribution is 2.18. The van der Waals surface area contributed by atoms with E-state index in [1.807, 2.05) is 0 Å².